The fourth-order valence-electron chi connectivity index (χ4n) is 0.112. The molecule has 0 aliphatic rings. The highest BCUT2D eigenvalue weighted by Crippen LogP contribution is 1.90. The summed E-state index contributed by atoms with van der Waals surface area (Å²) in [5, 5.41) is 7.85. The highest BCUT2D eigenvalue weighted by molar-refractivity contribution is 7.89. The first-order chi connectivity index (χ1) is 3.56. The molecule has 8 heavy (non-hydrogen) atoms. The van der Waals surface area contributed by atoms with Crippen molar-refractivity contribution in [1.82, 2.24) is 0 Å². The van der Waals surface area contributed by atoms with Gasteiger partial charge in [-0.15, -0.1) is 3.89 Å². The van der Waals surface area contributed by atoms with Crippen LogP contribution in [-0.4, -0.2) is 8.42 Å². The van der Waals surface area contributed by atoms with E-state index in [1.54, 1.807) is 0 Å². The molecule has 44 valence electrons. The van der Waals surface area contributed by atoms with Crippen molar-refractivity contribution in [1.29, 1.82) is 5.26 Å². The average molecular weight is 135 g/mol. The molecule has 0 aromatic rings. The van der Waals surface area contributed by atoms with Crippen molar-refractivity contribution >= 4 is 10.2 Å². The van der Waals surface area contributed by atoms with Gasteiger partial charge in [0.25, 0.3) is 0 Å². The van der Waals surface area contributed by atoms with Crippen LogP contribution in [0.15, 0.2) is 11.5 Å². The second kappa shape index (κ2) is 2.43. The van der Waals surface area contributed by atoms with Crippen molar-refractivity contribution < 1.29 is 12.3 Å². The summed E-state index contributed by atoms with van der Waals surface area (Å²) in [4.78, 5) is 0. The third-order valence-corrected chi connectivity index (χ3v) is 0.766. The molecule has 5 heteroatoms. The number of nitriles is 1. The van der Waals surface area contributed by atoms with E-state index in [2.05, 4.69) is 0 Å². The summed E-state index contributed by atoms with van der Waals surface area (Å²) in [7, 11) is -4.59. The quantitative estimate of drug-likeness (QED) is 0.384. The molecule has 0 aliphatic heterocycles. The van der Waals surface area contributed by atoms with E-state index in [9.17, 15) is 12.3 Å². The van der Waals surface area contributed by atoms with Crippen LogP contribution in [0.25, 0.3) is 0 Å². The fraction of sp³-hybridized carbons (Fsp3) is 0. The number of rotatable bonds is 1. The van der Waals surface area contributed by atoms with E-state index < -0.39 is 10.2 Å². The van der Waals surface area contributed by atoms with Crippen molar-refractivity contribution in [2.75, 3.05) is 0 Å². The van der Waals surface area contributed by atoms with Crippen molar-refractivity contribution in [3.8, 4) is 6.07 Å². The normalized spacial score (nSPS) is 11.5. The van der Waals surface area contributed by atoms with Crippen LogP contribution in [0.2, 0.25) is 0 Å². The molecule has 0 rings (SSSR count). The Morgan fingerprint density at radius 3 is 2.25 bits per heavy atom. The largest absolute Gasteiger partial charge is 0.325 e. The minimum Gasteiger partial charge on any atom is -0.193 e. The maximum atomic E-state index is 11.3. The van der Waals surface area contributed by atoms with Crippen molar-refractivity contribution in [3.05, 3.63) is 11.5 Å². The van der Waals surface area contributed by atoms with Crippen LogP contribution in [0.4, 0.5) is 3.89 Å². The molecule has 0 heterocycles. The lowest BCUT2D eigenvalue weighted by atomic mass is 10.7. The SMILES string of the molecule is N#C/C=C/S(=O)(=O)F. The monoisotopic (exact) mass is 135 g/mol. The zero-order chi connectivity index (χ0) is 6.62. The number of hydrogen-bond donors (Lipinski definition) is 0. The molecule has 0 bridgehead atoms. The van der Waals surface area contributed by atoms with Crippen molar-refractivity contribution in [3.63, 3.8) is 0 Å². The van der Waals surface area contributed by atoms with E-state index in [-0.39, 0.29) is 5.41 Å². The van der Waals surface area contributed by atoms with Gasteiger partial charge in [-0.1, -0.05) is 0 Å². The number of halogens is 1. The van der Waals surface area contributed by atoms with Crippen LogP contribution in [0, 0.1) is 11.3 Å². The zero-order valence-corrected chi connectivity index (χ0v) is 4.52. The number of allylic oxidation sites excluding steroid dienone is 1. The Morgan fingerprint density at radius 2 is 2.12 bits per heavy atom. The Balaban J connectivity index is 4.19. The minimum atomic E-state index is -4.59. The standard InChI is InChI=1S/C3H2FNO2S/c4-8(6,7)3-1-2-5/h1,3H/b3-1+. The van der Waals surface area contributed by atoms with E-state index in [4.69, 9.17) is 5.26 Å². The molecule has 0 aliphatic carbocycles. The maximum absolute atomic E-state index is 11.3. The van der Waals surface area contributed by atoms with Gasteiger partial charge in [-0.2, -0.15) is 13.7 Å². The van der Waals surface area contributed by atoms with Crippen LogP contribution in [-0.2, 0) is 10.2 Å². The van der Waals surface area contributed by atoms with Crippen molar-refractivity contribution in [2.24, 2.45) is 0 Å². The molecule has 0 aromatic carbocycles. The van der Waals surface area contributed by atoms with E-state index in [0.29, 0.717) is 6.08 Å². The highest BCUT2D eigenvalue weighted by Gasteiger charge is 1.95. The lowest BCUT2D eigenvalue weighted by molar-refractivity contribution is 0.563. The fourth-order valence-corrected chi connectivity index (χ4v) is 0.335. The minimum absolute atomic E-state index is 0.188. The van der Waals surface area contributed by atoms with E-state index in [0.717, 1.165) is 0 Å². The van der Waals surface area contributed by atoms with Crippen LogP contribution < -0.4 is 0 Å². The molecule has 0 amide bonds. The molecule has 0 aromatic heterocycles. The van der Waals surface area contributed by atoms with Gasteiger partial charge < -0.3 is 0 Å². The number of nitrogens with zero attached hydrogens (tertiary/aromatic N) is 1. The summed E-state index contributed by atoms with van der Waals surface area (Å²) in [5.41, 5.74) is 0. The Labute approximate surface area is 46.3 Å². The highest BCUT2D eigenvalue weighted by atomic mass is 32.3. The van der Waals surface area contributed by atoms with Gasteiger partial charge in [0, 0.05) is 6.08 Å². The third kappa shape index (κ3) is 5.11. The van der Waals surface area contributed by atoms with Crippen LogP contribution >= 0.6 is 0 Å². The molecular formula is C3H2FNO2S. The lowest BCUT2D eigenvalue weighted by Gasteiger charge is -1.71. The summed E-state index contributed by atoms with van der Waals surface area (Å²) in [6.45, 7) is 0. The first-order valence-electron chi connectivity index (χ1n) is 1.57. The summed E-state index contributed by atoms with van der Waals surface area (Å²) in [6, 6.07) is 1.32. The molecule has 0 atom stereocenters. The van der Waals surface area contributed by atoms with Crippen LogP contribution in [0.1, 0.15) is 0 Å². The molecular weight excluding hydrogens is 133 g/mol. The van der Waals surface area contributed by atoms with Gasteiger partial charge in [0.2, 0.25) is 0 Å². The van der Waals surface area contributed by atoms with Gasteiger partial charge in [-0.3, -0.25) is 0 Å². The molecule has 0 N–H and O–H groups in total. The summed E-state index contributed by atoms with van der Waals surface area (Å²) >= 11 is 0. The summed E-state index contributed by atoms with van der Waals surface area (Å²) in [5.74, 6) is 0. The second-order valence-electron chi connectivity index (χ2n) is 0.907. The third-order valence-electron chi connectivity index (χ3n) is 0.305. The predicted octanol–water partition coefficient (Wildman–Crippen LogP) is 0.323. The summed E-state index contributed by atoms with van der Waals surface area (Å²) < 4.78 is 30.3. The zero-order valence-electron chi connectivity index (χ0n) is 3.70. The molecule has 0 saturated heterocycles. The first-order valence-corrected chi connectivity index (χ1v) is 3.02. The topological polar surface area (TPSA) is 57.9 Å². The van der Waals surface area contributed by atoms with Crippen LogP contribution in [0.3, 0.4) is 0 Å². The molecule has 0 unspecified atom stereocenters. The maximum Gasteiger partial charge on any atom is 0.325 e. The second-order valence-corrected chi connectivity index (χ2v) is 2.13. The van der Waals surface area contributed by atoms with Gasteiger partial charge in [0.1, 0.15) is 0 Å². The van der Waals surface area contributed by atoms with Gasteiger partial charge in [-0.05, 0) is 0 Å². The van der Waals surface area contributed by atoms with E-state index in [1.807, 2.05) is 0 Å². The van der Waals surface area contributed by atoms with E-state index >= 15 is 0 Å². The van der Waals surface area contributed by atoms with Gasteiger partial charge in [0.15, 0.2) is 0 Å². The van der Waals surface area contributed by atoms with Gasteiger partial charge >= 0.3 is 10.2 Å². The first kappa shape index (κ1) is 7.11. The molecule has 0 radical (unpaired) electrons. The van der Waals surface area contributed by atoms with Crippen LogP contribution in [0.5, 0.6) is 0 Å². The lowest BCUT2D eigenvalue weighted by Crippen LogP contribution is -1.78. The van der Waals surface area contributed by atoms with Crippen molar-refractivity contribution in [2.45, 2.75) is 0 Å². The smallest absolute Gasteiger partial charge is 0.193 e. The average Bonchev–Trinajstić information content (AvgIpc) is 1.59. The molecule has 0 saturated carbocycles. The Hall–Kier alpha value is -0.890. The molecule has 0 fully saturated rings. The summed E-state index contributed by atoms with van der Waals surface area (Å²) in [6.07, 6.45) is 0.551. The van der Waals surface area contributed by atoms with Gasteiger partial charge in [-0.25, -0.2) is 0 Å². The molecule has 3 nitrogen and oxygen atoms in total. The Bertz CT molecular complexity index is 222. The predicted molar refractivity (Wildman–Crippen MR) is 24.8 cm³/mol. The van der Waals surface area contributed by atoms with Gasteiger partial charge in [0.05, 0.1) is 11.5 Å². The molecule has 0 spiro atoms. The number of hydrogen-bond acceptors (Lipinski definition) is 3. The Kier molecular flexibility index (Phi) is 2.16. The Morgan fingerprint density at radius 1 is 1.62 bits per heavy atom. The van der Waals surface area contributed by atoms with E-state index in [1.165, 1.54) is 6.07 Å².